The van der Waals surface area contributed by atoms with Gasteiger partial charge in [-0.1, -0.05) is 19.1 Å². The lowest BCUT2D eigenvalue weighted by molar-refractivity contribution is 0.0746. The molecule has 0 radical (unpaired) electrons. The summed E-state index contributed by atoms with van der Waals surface area (Å²) < 4.78 is 19.0. The molecule has 1 amide bonds. The number of pyridine rings is 2. The maximum Gasteiger partial charge on any atom is 0.254 e. The molecule has 40 heavy (non-hydrogen) atoms. The van der Waals surface area contributed by atoms with Crippen molar-refractivity contribution in [1.82, 2.24) is 25.2 Å². The van der Waals surface area contributed by atoms with Crippen molar-refractivity contribution >= 4 is 28.2 Å². The number of nitrogens with zero attached hydrogens (tertiary/aromatic N) is 4. The lowest BCUT2D eigenvalue weighted by Crippen LogP contribution is -2.49. The number of aromatic amines is 1. The summed E-state index contributed by atoms with van der Waals surface area (Å²) in [7, 11) is 1.51. The number of carbonyl (C=O) groups excluding carboxylic acids is 1. The fraction of sp³-hybridized carbons (Fsp3) is 0.323. The van der Waals surface area contributed by atoms with E-state index in [9.17, 15) is 9.18 Å². The lowest BCUT2D eigenvalue weighted by atomic mass is 9.97. The molecule has 3 aromatic heterocycles. The Morgan fingerprint density at radius 1 is 1.10 bits per heavy atom. The molecule has 2 aliphatic heterocycles. The van der Waals surface area contributed by atoms with Crippen molar-refractivity contribution in [3.63, 3.8) is 0 Å². The zero-order valence-corrected chi connectivity index (χ0v) is 22.8. The normalized spacial score (nSPS) is 15.8. The number of benzene rings is 1. The van der Waals surface area contributed by atoms with Crippen LogP contribution in [0.15, 0.2) is 54.9 Å². The number of amides is 1. The highest BCUT2D eigenvalue weighted by molar-refractivity contribution is 6.05. The van der Waals surface area contributed by atoms with E-state index in [0.717, 1.165) is 59.3 Å². The number of hydrogen-bond donors (Lipinski definition) is 2. The summed E-state index contributed by atoms with van der Waals surface area (Å²) in [5, 5.41) is 4.45. The first-order chi connectivity index (χ1) is 19.6. The van der Waals surface area contributed by atoms with Crippen LogP contribution in [0.5, 0.6) is 5.75 Å². The Bertz CT molecular complexity index is 1590. The summed E-state index contributed by atoms with van der Waals surface area (Å²) in [4.78, 5) is 30.3. The highest BCUT2D eigenvalue weighted by atomic mass is 19.1. The summed E-state index contributed by atoms with van der Waals surface area (Å²) in [6.45, 7) is 6.11. The van der Waals surface area contributed by atoms with Crippen LogP contribution in [0.4, 0.5) is 10.2 Å². The van der Waals surface area contributed by atoms with Gasteiger partial charge in [0, 0.05) is 78.5 Å². The molecule has 6 rings (SSSR count). The number of rotatable bonds is 6. The fourth-order valence-corrected chi connectivity index (χ4v) is 5.67. The Kier molecular flexibility index (Phi) is 7.21. The van der Waals surface area contributed by atoms with Crippen molar-refractivity contribution < 1.29 is 13.9 Å². The molecule has 206 valence electrons. The standard InChI is InChI=1S/C31H33FN6O2/c1-3-26-24(7-5-9-34-26)25-15-22(14-21-16-27(36-29(21)25)20-6-4-8-33-18-20)31(39)38-12-10-37(11-13-38)30-28(40-2)17-23(32)19-35-30/h5-7,9,14-17,19,33,36H,3-4,8,10-13,18H2,1-2H3. The van der Waals surface area contributed by atoms with Crippen molar-refractivity contribution in [3.8, 4) is 16.9 Å². The molecule has 2 N–H and O–H groups in total. The lowest BCUT2D eigenvalue weighted by Gasteiger charge is -2.36. The Morgan fingerprint density at radius 2 is 1.95 bits per heavy atom. The van der Waals surface area contributed by atoms with Crippen LogP contribution in [0.1, 0.15) is 35.1 Å². The average molecular weight is 541 g/mol. The van der Waals surface area contributed by atoms with Gasteiger partial charge < -0.3 is 24.8 Å². The topological polar surface area (TPSA) is 86.4 Å². The largest absolute Gasteiger partial charge is 0.493 e. The number of carbonyl (C=O) groups is 1. The number of methoxy groups -OCH3 is 1. The van der Waals surface area contributed by atoms with Crippen LogP contribution in [0.2, 0.25) is 0 Å². The van der Waals surface area contributed by atoms with E-state index in [1.807, 2.05) is 34.2 Å². The van der Waals surface area contributed by atoms with Gasteiger partial charge in [-0.2, -0.15) is 0 Å². The number of anilines is 1. The molecule has 0 bridgehead atoms. The van der Waals surface area contributed by atoms with Crippen molar-refractivity contribution in [2.75, 3.05) is 51.3 Å². The highest BCUT2D eigenvalue weighted by Crippen LogP contribution is 2.34. The zero-order valence-electron chi connectivity index (χ0n) is 22.8. The molecule has 0 saturated carbocycles. The molecular formula is C31H33FN6O2. The quantitative estimate of drug-likeness (QED) is 0.370. The molecule has 1 saturated heterocycles. The summed E-state index contributed by atoms with van der Waals surface area (Å²) in [6.07, 6.45) is 7.08. The molecule has 0 atom stereocenters. The van der Waals surface area contributed by atoms with Gasteiger partial charge in [0.2, 0.25) is 0 Å². The van der Waals surface area contributed by atoms with Gasteiger partial charge in [0.1, 0.15) is 5.82 Å². The monoisotopic (exact) mass is 540 g/mol. The van der Waals surface area contributed by atoms with E-state index in [4.69, 9.17) is 4.74 Å². The second kappa shape index (κ2) is 11.1. The van der Waals surface area contributed by atoms with Gasteiger partial charge in [-0.25, -0.2) is 9.37 Å². The predicted octanol–water partition coefficient (Wildman–Crippen LogP) is 4.67. The number of ether oxygens (including phenoxy) is 1. The van der Waals surface area contributed by atoms with E-state index in [1.54, 1.807) is 0 Å². The van der Waals surface area contributed by atoms with Crippen LogP contribution in [-0.2, 0) is 6.42 Å². The summed E-state index contributed by atoms with van der Waals surface area (Å²) in [6, 6.07) is 11.5. The SMILES string of the molecule is CCc1ncccc1-c1cc(C(=O)N2CCN(c3ncc(F)cc3OC)CC2)cc2cc(C3=CCCNC3)[nH]c12. The van der Waals surface area contributed by atoms with Crippen LogP contribution >= 0.6 is 0 Å². The van der Waals surface area contributed by atoms with Crippen LogP contribution in [-0.4, -0.2) is 72.1 Å². The van der Waals surface area contributed by atoms with Crippen molar-refractivity contribution in [2.45, 2.75) is 19.8 Å². The molecule has 0 spiro atoms. The number of H-pyrrole nitrogens is 1. The van der Waals surface area contributed by atoms with Crippen molar-refractivity contribution in [2.24, 2.45) is 0 Å². The smallest absolute Gasteiger partial charge is 0.254 e. The predicted molar refractivity (Wildman–Crippen MR) is 155 cm³/mol. The number of hydrogen-bond acceptors (Lipinski definition) is 6. The molecule has 2 aliphatic rings. The minimum absolute atomic E-state index is 0.00920. The molecule has 0 aliphatic carbocycles. The van der Waals surface area contributed by atoms with Gasteiger partial charge in [0.15, 0.2) is 11.6 Å². The van der Waals surface area contributed by atoms with E-state index in [-0.39, 0.29) is 5.91 Å². The number of aryl methyl sites for hydroxylation is 1. The molecule has 0 unspecified atom stereocenters. The molecular weight excluding hydrogens is 507 g/mol. The summed E-state index contributed by atoms with van der Waals surface area (Å²) >= 11 is 0. The minimum atomic E-state index is -0.440. The third-order valence-corrected chi connectivity index (χ3v) is 7.75. The highest BCUT2D eigenvalue weighted by Gasteiger charge is 2.26. The average Bonchev–Trinajstić information content (AvgIpc) is 3.45. The van der Waals surface area contributed by atoms with Crippen LogP contribution in [0.25, 0.3) is 27.6 Å². The molecule has 1 aromatic carbocycles. The molecule has 4 aromatic rings. The number of halogens is 1. The first kappa shape index (κ1) is 26.0. The number of aromatic nitrogens is 3. The Balaban J connectivity index is 1.33. The third kappa shape index (κ3) is 4.93. The molecule has 5 heterocycles. The van der Waals surface area contributed by atoms with Crippen LogP contribution in [0, 0.1) is 5.82 Å². The summed E-state index contributed by atoms with van der Waals surface area (Å²) in [5.41, 5.74) is 7.00. The first-order valence-corrected chi connectivity index (χ1v) is 13.8. The van der Waals surface area contributed by atoms with Crippen molar-refractivity contribution in [3.05, 3.63) is 77.6 Å². The summed E-state index contributed by atoms with van der Waals surface area (Å²) in [5.74, 6) is 0.536. The van der Waals surface area contributed by atoms with E-state index < -0.39 is 5.82 Å². The second-order valence-corrected chi connectivity index (χ2v) is 10.2. The number of fused-ring (bicyclic) bond motifs is 1. The molecule has 9 heteroatoms. The fourth-order valence-electron chi connectivity index (χ4n) is 5.67. The maximum absolute atomic E-state index is 13.9. The minimum Gasteiger partial charge on any atom is -0.493 e. The number of nitrogens with one attached hydrogen (secondary N) is 2. The van der Waals surface area contributed by atoms with Gasteiger partial charge in [-0.15, -0.1) is 0 Å². The van der Waals surface area contributed by atoms with Gasteiger partial charge in [0.05, 0.1) is 18.8 Å². The maximum atomic E-state index is 13.9. The Labute approximate surface area is 232 Å². The van der Waals surface area contributed by atoms with E-state index in [1.165, 1.54) is 24.9 Å². The third-order valence-electron chi connectivity index (χ3n) is 7.75. The molecule has 8 nitrogen and oxygen atoms in total. The van der Waals surface area contributed by atoms with Gasteiger partial charge in [-0.3, -0.25) is 9.78 Å². The zero-order chi connectivity index (χ0) is 27.6. The Hall–Kier alpha value is -4.24. The van der Waals surface area contributed by atoms with Crippen molar-refractivity contribution in [1.29, 1.82) is 0 Å². The van der Waals surface area contributed by atoms with E-state index in [0.29, 0.717) is 43.3 Å². The van der Waals surface area contributed by atoms with Gasteiger partial charge >= 0.3 is 0 Å². The van der Waals surface area contributed by atoms with Crippen LogP contribution < -0.4 is 15.0 Å². The van der Waals surface area contributed by atoms with E-state index >= 15 is 0 Å². The first-order valence-electron chi connectivity index (χ1n) is 13.8. The van der Waals surface area contributed by atoms with Gasteiger partial charge in [0.25, 0.3) is 5.91 Å². The molecule has 1 fully saturated rings. The van der Waals surface area contributed by atoms with Gasteiger partial charge in [-0.05, 0) is 49.2 Å². The van der Waals surface area contributed by atoms with E-state index in [2.05, 4.69) is 45.4 Å². The van der Waals surface area contributed by atoms with Crippen LogP contribution in [0.3, 0.4) is 0 Å². The second-order valence-electron chi connectivity index (χ2n) is 10.2. The number of piperazine rings is 1. The Morgan fingerprint density at radius 3 is 2.70 bits per heavy atom.